The summed E-state index contributed by atoms with van der Waals surface area (Å²) in [6, 6.07) is 1.94. The van der Waals surface area contributed by atoms with Crippen molar-refractivity contribution in [3.8, 4) is 0 Å². The summed E-state index contributed by atoms with van der Waals surface area (Å²) in [5, 5.41) is 2.35. The number of hydrogen-bond acceptors (Lipinski definition) is 2. The van der Waals surface area contributed by atoms with Crippen LogP contribution in [0.3, 0.4) is 0 Å². The number of alkyl halides is 6. The van der Waals surface area contributed by atoms with Crippen molar-refractivity contribution in [2.75, 3.05) is 0 Å². The van der Waals surface area contributed by atoms with Gasteiger partial charge in [0, 0.05) is 18.2 Å². The third-order valence-electron chi connectivity index (χ3n) is 2.86. The van der Waals surface area contributed by atoms with E-state index >= 15 is 0 Å². The zero-order chi connectivity index (χ0) is 15.2. The smallest absolute Gasteiger partial charge is 0.375 e. The van der Waals surface area contributed by atoms with E-state index in [1.165, 1.54) is 0 Å². The molecule has 0 aliphatic carbocycles. The molecule has 0 bridgehead atoms. The van der Waals surface area contributed by atoms with Gasteiger partial charge in [0.05, 0.1) is 10.6 Å². The van der Waals surface area contributed by atoms with Gasteiger partial charge in [-0.1, -0.05) is 22.8 Å². The van der Waals surface area contributed by atoms with Crippen LogP contribution in [0, 0.1) is 0 Å². The molecule has 1 aromatic carbocycles. The molecule has 0 fully saturated rings. The van der Waals surface area contributed by atoms with Gasteiger partial charge in [-0.05, 0) is 12.1 Å². The average Bonchev–Trinajstić information content (AvgIpc) is 2.77. The topological polar surface area (TPSA) is 21.6 Å². The Morgan fingerprint density at radius 2 is 1.80 bits per heavy atom. The molecular formula is C11H6ClF6NO. The number of oxime groups is 1. The van der Waals surface area contributed by atoms with Crippen molar-refractivity contribution in [2.24, 2.45) is 5.16 Å². The molecule has 2 rings (SSSR count). The second kappa shape index (κ2) is 4.54. The highest BCUT2D eigenvalue weighted by Crippen LogP contribution is 2.48. The Morgan fingerprint density at radius 1 is 1.15 bits per heavy atom. The molecule has 1 aromatic rings. The highest BCUT2D eigenvalue weighted by atomic mass is 35.5. The predicted molar refractivity (Wildman–Crippen MR) is 58.4 cm³/mol. The van der Waals surface area contributed by atoms with E-state index in [1.54, 1.807) is 0 Å². The molecule has 0 aromatic heterocycles. The van der Waals surface area contributed by atoms with Gasteiger partial charge in [-0.2, -0.15) is 26.3 Å². The summed E-state index contributed by atoms with van der Waals surface area (Å²) >= 11 is 5.37. The fourth-order valence-corrected chi connectivity index (χ4v) is 2.05. The van der Waals surface area contributed by atoms with E-state index in [0.29, 0.717) is 6.07 Å². The van der Waals surface area contributed by atoms with Gasteiger partial charge in [-0.15, -0.1) is 0 Å². The van der Waals surface area contributed by atoms with Crippen LogP contribution in [0.15, 0.2) is 23.4 Å². The van der Waals surface area contributed by atoms with Crippen LogP contribution in [0.2, 0.25) is 5.02 Å². The normalized spacial score (nSPS) is 22.9. The standard InChI is InChI=1S/C11H6ClF6NO/c12-8-2-1-6(5-7(8)10(13,14)15)9(11(16,17)18)3-4-19-20-9/h1-2,4-5H,3H2. The minimum absolute atomic E-state index is 0.338. The Hall–Kier alpha value is -1.44. The van der Waals surface area contributed by atoms with Crippen LogP contribution in [0.25, 0.3) is 0 Å². The van der Waals surface area contributed by atoms with Crippen LogP contribution in [0.5, 0.6) is 0 Å². The zero-order valence-corrected chi connectivity index (χ0v) is 10.3. The highest BCUT2D eigenvalue weighted by Gasteiger charge is 2.61. The summed E-state index contributed by atoms with van der Waals surface area (Å²) in [7, 11) is 0. The molecule has 0 N–H and O–H groups in total. The number of nitrogens with zero attached hydrogens (tertiary/aromatic N) is 1. The maximum atomic E-state index is 13.1. The lowest BCUT2D eigenvalue weighted by atomic mass is 9.89. The van der Waals surface area contributed by atoms with Crippen molar-refractivity contribution < 1.29 is 31.2 Å². The summed E-state index contributed by atoms with van der Waals surface area (Å²) in [6.45, 7) is 0. The first-order valence-corrected chi connectivity index (χ1v) is 5.60. The van der Waals surface area contributed by atoms with Crippen LogP contribution >= 0.6 is 11.6 Å². The quantitative estimate of drug-likeness (QED) is 0.698. The molecule has 2 nitrogen and oxygen atoms in total. The van der Waals surface area contributed by atoms with E-state index < -0.39 is 40.5 Å². The largest absolute Gasteiger partial charge is 0.435 e. The Balaban J connectivity index is 2.57. The first kappa shape index (κ1) is 15.0. The first-order chi connectivity index (χ1) is 9.08. The lowest BCUT2D eigenvalue weighted by Crippen LogP contribution is -2.42. The Kier molecular flexibility index (Phi) is 3.40. The van der Waals surface area contributed by atoms with Gasteiger partial charge >= 0.3 is 12.4 Å². The Labute approximate surface area is 114 Å². The van der Waals surface area contributed by atoms with Crippen molar-refractivity contribution in [3.05, 3.63) is 34.3 Å². The van der Waals surface area contributed by atoms with Gasteiger partial charge in [0.15, 0.2) is 0 Å². The molecule has 0 radical (unpaired) electrons. The van der Waals surface area contributed by atoms with Gasteiger partial charge < -0.3 is 4.84 Å². The molecule has 0 spiro atoms. The molecule has 1 aliphatic rings. The van der Waals surface area contributed by atoms with Gasteiger partial charge in [0.2, 0.25) is 0 Å². The van der Waals surface area contributed by atoms with E-state index in [2.05, 4.69) is 9.99 Å². The van der Waals surface area contributed by atoms with Crippen molar-refractivity contribution in [1.29, 1.82) is 0 Å². The van der Waals surface area contributed by atoms with Crippen LogP contribution in [-0.4, -0.2) is 12.4 Å². The molecule has 0 amide bonds. The van der Waals surface area contributed by atoms with Gasteiger partial charge in [-0.3, -0.25) is 0 Å². The third kappa shape index (κ3) is 2.32. The predicted octanol–water partition coefficient (Wildman–Crippen LogP) is 4.52. The minimum atomic E-state index is -4.92. The molecule has 1 atom stereocenters. The second-order valence-electron chi connectivity index (χ2n) is 4.10. The maximum absolute atomic E-state index is 13.1. The summed E-state index contributed by atoms with van der Waals surface area (Å²) in [5.41, 5.74) is -4.95. The lowest BCUT2D eigenvalue weighted by Gasteiger charge is -2.29. The maximum Gasteiger partial charge on any atom is 0.435 e. The van der Waals surface area contributed by atoms with E-state index in [4.69, 9.17) is 11.6 Å². The molecule has 0 saturated carbocycles. The number of rotatable bonds is 1. The average molecular weight is 318 g/mol. The summed E-state index contributed by atoms with van der Waals surface area (Å²) in [4.78, 5) is 4.33. The summed E-state index contributed by atoms with van der Waals surface area (Å²) < 4.78 is 77.4. The fourth-order valence-electron chi connectivity index (χ4n) is 1.83. The molecule has 1 heterocycles. The first-order valence-electron chi connectivity index (χ1n) is 5.22. The minimum Gasteiger partial charge on any atom is -0.375 e. The molecule has 110 valence electrons. The Bertz CT molecular complexity index is 543. The third-order valence-corrected chi connectivity index (χ3v) is 3.19. The molecule has 20 heavy (non-hydrogen) atoms. The van der Waals surface area contributed by atoms with E-state index in [1.807, 2.05) is 0 Å². The van der Waals surface area contributed by atoms with Crippen LogP contribution in [0.1, 0.15) is 17.5 Å². The van der Waals surface area contributed by atoms with Crippen molar-refractivity contribution in [1.82, 2.24) is 0 Å². The molecular weight excluding hydrogens is 312 g/mol. The second-order valence-corrected chi connectivity index (χ2v) is 4.51. The fraction of sp³-hybridized carbons (Fsp3) is 0.364. The van der Waals surface area contributed by atoms with E-state index in [-0.39, 0.29) is 0 Å². The summed E-state index contributed by atoms with van der Waals surface area (Å²) in [5.74, 6) is 0. The van der Waals surface area contributed by atoms with Gasteiger partial charge in [0.1, 0.15) is 0 Å². The molecule has 1 aliphatic heterocycles. The van der Waals surface area contributed by atoms with Crippen molar-refractivity contribution >= 4 is 17.8 Å². The van der Waals surface area contributed by atoms with E-state index in [0.717, 1.165) is 18.3 Å². The lowest BCUT2D eigenvalue weighted by molar-refractivity contribution is -0.276. The van der Waals surface area contributed by atoms with Crippen LogP contribution in [0.4, 0.5) is 26.3 Å². The van der Waals surface area contributed by atoms with E-state index in [9.17, 15) is 26.3 Å². The Morgan fingerprint density at radius 3 is 2.25 bits per heavy atom. The van der Waals surface area contributed by atoms with Gasteiger partial charge in [-0.25, -0.2) is 0 Å². The SMILES string of the molecule is FC(F)(F)c1cc(C2(C(F)(F)F)CC=NO2)ccc1Cl. The number of hydrogen-bond donors (Lipinski definition) is 0. The number of benzene rings is 1. The molecule has 0 saturated heterocycles. The highest BCUT2D eigenvalue weighted by molar-refractivity contribution is 6.31. The van der Waals surface area contributed by atoms with Crippen LogP contribution in [-0.2, 0) is 16.6 Å². The summed E-state index contributed by atoms with van der Waals surface area (Å²) in [6.07, 6.45) is -9.62. The number of halogens is 7. The molecule has 1 unspecified atom stereocenters. The monoisotopic (exact) mass is 317 g/mol. The van der Waals surface area contributed by atoms with Crippen molar-refractivity contribution in [3.63, 3.8) is 0 Å². The van der Waals surface area contributed by atoms with Crippen LogP contribution < -0.4 is 0 Å². The molecule has 9 heteroatoms. The zero-order valence-electron chi connectivity index (χ0n) is 9.52. The van der Waals surface area contributed by atoms with Crippen molar-refractivity contribution in [2.45, 2.75) is 24.4 Å². The van der Waals surface area contributed by atoms with Gasteiger partial charge in [0.25, 0.3) is 5.60 Å².